The number of aryl methyl sites for hydroxylation is 2. The molecule has 0 unspecified atom stereocenters. The zero-order chi connectivity index (χ0) is 18.1. The van der Waals surface area contributed by atoms with E-state index in [1.54, 1.807) is 22.0 Å². The van der Waals surface area contributed by atoms with Crippen molar-refractivity contribution in [2.24, 2.45) is 0 Å². The van der Waals surface area contributed by atoms with Gasteiger partial charge in [-0.2, -0.15) is 0 Å². The smallest absolute Gasteiger partial charge is 0.224 e. The molecule has 0 spiro atoms. The Balaban J connectivity index is 1.52. The highest BCUT2D eigenvalue weighted by atomic mass is 32.1. The lowest BCUT2D eigenvalue weighted by Gasteiger charge is -2.28. The van der Waals surface area contributed by atoms with Crippen molar-refractivity contribution >= 4 is 32.9 Å². The minimum atomic E-state index is -0.177. The number of hydrogen-bond acceptors (Lipinski definition) is 4. The number of carbonyl (C=O) groups excluding carboxylic acids is 1. The number of rotatable bonds is 4. The molecule has 0 saturated carbocycles. The van der Waals surface area contributed by atoms with Gasteiger partial charge in [-0.1, -0.05) is 11.3 Å². The van der Waals surface area contributed by atoms with Gasteiger partial charge >= 0.3 is 0 Å². The monoisotopic (exact) mass is 370 g/mol. The zero-order valence-electron chi connectivity index (χ0n) is 14.5. The largest absolute Gasteiger partial charge is 0.338 e. The van der Waals surface area contributed by atoms with Gasteiger partial charge in [-0.15, -0.1) is 16.4 Å². The molecule has 134 valence electrons. The third-order valence-electron chi connectivity index (χ3n) is 4.76. The van der Waals surface area contributed by atoms with Crippen molar-refractivity contribution in [2.75, 3.05) is 13.1 Å². The van der Waals surface area contributed by atoms with Gasteiger partial charge in [0.1, 0.15) is 5.82 Å². The molecule has 1 amide bonds. The quantitative estimate of drug-likeness (QED) is 0.704. The Morgan fingerprint density at radius 3 is 3.12 bits per heavy atom. The van der Waals surface area contributed by atoms with Gasteiger partial charge in [0, 0.05) is 31.3 Å². The third-order valence-corrected chi connectivity index (χ3v) is 5.67. The normalized spacial score (nSPS) is 14.7. The molecular formula is C19H19FN4OS. The summed E-state index contributed by atoms with van der Waals surface area (Å²) in [5.74, 6) is -0.121. The lowest BCUT2D eigenvalue weighted by atomic mass is 9.97. The number of halogens is 1. The predicted octanol–water partition coefficient (Wildman–Crippen LogP) is 3.65. The molecular weight excluding hydrogens is 351 g/mol. The van der Waals surface area contributed by atoms with Crippen LogP contribution < -0.4 is 0 Å². The van der Waals surface area contributed by atoms with E-state index in [0.29, 0.717) is 36.3 Å². The lowest BCUT2D eigenvalue weighted by molar-refractivity contribution is -0.131. The highest BCUT2D eigenvalue weighted by Gasteiger charge is 2.22. The maximum absolute atomic E-state index is 15.0. The van der Waals surface area contributed by atoms with Crippen LogP contribution in [-0.2, 0) is 11.3 Å². The van der Waals surface area contributed by atoms with E-state index in [1.165, 1.54) is 11.3 Å². The van der Waals surface area contributed by atoms with Crippen LogP contribution in [0.5, 0.6) is 0 Å². The first-order chi connectivity index (χ1) is 12.6. The molecule has 1 aliphatic rings. The number of carbonyl (C=O) groups is 1. The summed E-state index contributed by atoms with van der Waals surface area (Å²) in [7, 11) is 0. The average molecular weight is 370 g/mol. The molecule has 5 nitrogen and oxygen atoms in total. The summed E-state index contributed by atoms with van der Waals surface area (Å²) >= 11 is 1.42. The number of hydrogen-bond donors (Lipinski definition) is 0. The topological polar surface area (TPSA) is 51.0 Å². The molecule has 0 saturated heterocycles. The van der Waals surface area contributed by atoms with Gasteiger partial charge in [-0.25, -0.2) is 4.39 Å². The number of thiophene rings is 1. The van der Waals surface area contributed by atoms with Crippen LogP contribution in [-0.4, -0.2) is 38.9 Å². The summed E-state index contributed by atoms with van der Waals surface area (Å²) in [6.45, 7) is 3.62. The van der Waals surface area contributed by atoms with Gasteiger partial charge in [0.05, 0.1) is 17.4 Å². The van der Waals surface area contributed by atoms with Crippen LogP contribution >= 0.6 is 11.3 Å². The highest BCUT2D eigenvalue weighted by Crippen LogP contribution is 2.33. The van der Waals surface area contributed by atoms with Crippen LogP contribution in [0.3, 0.4) is 0 Å². The Bertz CT molecular complexity index is 977. The molecule has 3 heterocycles. The van der Waals surface area contributed by atoms with E-state index in [0.717, 1.165) is 22.9 Å². The van der Waals surface area contributed by atoms with Gasteiger partial charge in [-0.3, -0.25) is 9.48 Å². The van der Waals surface area contributed by atoms with Crippen molar-refractivity contribution in [3.63, 3.8) is 0 Å². The fraction of sp³-hybridized carbons (Fsp3) is 0.316. The van der Waals surface area contributed by atoms with Crippen molar-refractivity contribution in [2.45, 2.75) is 26.3 Å². The van der Waals surface area contributed by atoms with E-state index in [-0.39, 0.29) is 11.7 Å². The Hall–Kier alpha value is -2.54. The first-order valence-corrected chi connectivity index (χ1v) is 9.49. The molecule has 0 bridgehead atoms. The van der Waals surface area contributed by atoms with Gasteiger partial charge in [0.2, 0.25) is 5.91 Å². The average Bonchev–Trinajstić information content (AvgIpc) is 3.34. The number of amides is 1. The SMILES string of the molecule is Cc1cc(C2=CCCN(C(=O)CCn3ccnn3)C2)c(F)c2sccc12. The van der Waals surface area contributed by atoms with E-state index >= 15 is 0 Å². The number of aromatic nitrogens is 3. The summed E-state index contributed by atoms with van der Waals surface area (Å²) < 4.78 is 17.3. The van der Waals surface area contributed by atoms with E-state index in [4.69, 9.17) is 0 Å². The molecule has 0 aliphatic carbocycles. The molecule has 3 aromatic rings. The third kappa shape index (κ3) is 3.14. The second kappa shape index (κ2) is 6.99. The summed E-state index contributed by atoms with van der Waals surface area (Å²) in [4.78, 5) is 14.3. The van der Waals surface area contributed by atoms with Crippen LogP contribution in [0.15, 0.2) is 36.0 Å². The molecule has 7 heteroatoms. The lowest BCUT2D eigenvalue weighted by Crippen LogP contribution is -2.36. The molecule has 1 aromatic carbocycles. The maximum Gasteiger partial charge on any atom is 0.224 e. The van der Waals surface area contributed by atoms with Gasteiger partial charge in [0.25, 0.3) is 0 Å². The van der Waals surface area contributed by atoms with Crippen molar-refractivity contribution in [1.82, 2.24) is 19.9 Å². The highest BCUT2D eigenvalue weighted by molar-refractivity contribution is 7.17. The number of benzene rings is 1. The number of fused-ring (bicyclic) bond motifs is 1. The maximum atomic E-state index is 15.0. The van der Waals surface area contributed by atoms with Crippen molar-refractivity contribution in [3.8, 4) is 0 Å². The van der Waals surface area contributed by atoms with Crippen molar-refractivity contribution in [1.29, 1.82) is 0 Å². The summed E-state index contributed by atoms with van der Waals surface area (Å²) in [6.07, 6.45) is 6.49. The Kier molecular flexibility index (Phi) is 4.55. The molecule has 0 radical (unpaired) electrons. The van der Waals surface area contributed by atoms with Crippen LogP contribution in [0.4, 0.5) is 4.39 Å². The van der Waals surface area contributed by atoms with Crippen LogP contribution in [0.1, 0.15) is 24.0 Å². The molecule has 4 rings (SSSR count). The summed E-state index contributed by atoms with van der Waals surface area (Å²) in [5, 5.41) is 10.5. The Morgan fingerprint density at radius 2 is 2.31 bits per heavy atom. The second-order valence-electron chi connectivity index (χ2n) is 6.47. The van der Waals surface area contributed by atoms with Gasteiger partial charge in [0.15, 0.2) is 0 Å². The van der Waals surface area contributed by atoms with Crippen molar-refractivity contribution in [3.05, 3.63) is 52.9 Å². The fourth-order valence-corrected chi connectivity index (χ4v) is 4.29. The molecule has 0 fully saturated rings. The molecule has 1 aliphatic heterocycles. The summed E-state index contributed by atoms with van der Waals surface area (Å²) in [6, 6.07) is 3.86. The van der Waals surface area contributed by atoms with E-state index < -0.39 is 0 Å². The van der Waals surface area contributed by atoms with E-state index in [9.17, 15) is 9.18 Å². The minimum Gasteiger partial charge on any atom is -0.338 e. The van der Waals surface area contributed by atoms with E-state index in [1.807, 2.05) is 24.4 Å². The minimum absolute atomic E-state index is 0.0560. The first-order valence-electron chi connectivity index (χ1n) is 8.61. The van der Waals surface area contributed by atoms with E-state index in [2.05, 4.69) is 16.4 Å². The first kappa shape index (κ1) is 16.9. The Morgan fingerprint density at radius 1 is 1.42 bits per heavy atom. The van der Waals surface area contributed by atoms with Crippen LogP contribution in [0, 0.1) is 12.7 Å². The van der Waals surface area contributed by atoms with Gasteiger partial charge in [-0.05, 0) is 47.4 Å². The molecule has 0 N–H and O–H groups in total. The molecule has 2 aromatic heterocycles. The van der Waals surface area contributed by atoms with Crippen LogP contribution in [0.25, 0.3) is 15.7 Å². The van der Waals surface area contributed by atoms with Gasteiger partial charge < -0.3 is 4.90 Å². The zero-order valence-corrected chi connectivity index (χ0v) is 15.3. The molecule has 26 heavy (non-hydrogen) atoms. The van der Waals surface area contributed by atoms with Crippen molar-refractivity contribution < 1.29 is 9.18 Å². The summed E-state index contributed by atoms with van der Waals surface area (Å²) in [5.41, 5.74) is 2.57. The molecule has 0 atom stereocenters. The predicted molar refractivity (Wildman–Crippen MR) is 100 cm³/mol. The number of nitrogens with zero attached hydrogens (tertiary/aromatic N) is 4. The standard InChI is InChI=1S/C19H19FN4OS/c1-13-11-16(18(20)19-15(13)5-10-26-19)14-3-2-7-23(12-14)17(25)4-8-24-9-6-21-22-24/h3,5-6,9-11H,2,4,7-8,12H2,1H3. The Labute approximate surface area is 154 Å². The van der Waals surface area contributed by atoms with Crippen LogP contribution in [0.2, 0.25) is 0 Å². The fourth-order valence-electron chi connectivity index (χ4n) is 3.38. The second-order valence-corrected chi connectivity index (χ2v) is 7.38.